The molecule has 0 aliphatic rings. The van der Waals surface area contributed by atoms with Gasteiger partial charge in [-0.3, -0.25) is 0 Å². The molecule has 5 heteroatoms. The highest BCUT2D eigenvalue weighted by Crippen LogP contribution is 2.24. The summed E-state index contributed by atoms with van der Waals surface area (Å²) in [5, 5.41) is 4.01. The highest BCUT2D eigenvalue weighted by molar-refractivity contribution is 9.10. The molecule has 0 amide bonds. The van der Waals surface area contributed by atoms with Crippen molar-refractivity contribution in [3.8, 4) is 11.4 Å². The van der Waals surface area contributed by atoms with E-state index in [4.69, 9.17) is 10.3 Å². The third kappa shape index (κ3) is 3.88. The van der Waals surface area contributed by atoms with Crippen LogP contribution in [0.2, 0.25) is 0 Å². The van der Waals surface area contributed by atoms with Crippen molar-refractivity contribution in [3.05, 3.63) is 34.1 Å². The summed E-state index contributed by atoms with van der Waals surface area (Å²) in [5.74, 6) is 1.25. The van der Waals surface area contributed by atoms with Crippen molar-refractivity contribution in [2.45, 2.75) is 39.2 Å². The van der Waals surface area contributed by atoms with Crippen LogP contribution in [0.15, 0.2) is 27.2 Å². The highest BCUT2D eigenvalue weighted by atomic mass is 79.9. The number of halogens is 1. The summed E-state index contributed by atoms with van der Waals surface area (Å²) in [6.07, 6.45) is 1.51. The molecule has 102 valence electrons. The zero-order valence-corrected chi connectivity index (χ0v) is 13.0. The molecule has 0 bridgehead atoms. The molecule has 2 aromatic rings. The molecule has 0 fully saturated rings. The fourth-order valence-corrected chi connectivity index (χ4v) is 2.01. The first-order chi connectivity index (χ1) is 8.85. The van der Waals surface area contributed by atoms with E-state index in [-0.39, 0.29) is 5.54 Å². The minimum Gasteiger partial charge on any atom is -0.339 e. The van der Waals surface area contributed by atoms with E-state index in [1.807, 2.05) is 39.0 Å². The molecule has 1 aromatic heterocycles. The monoisotopic (exact) mass is 323 g/mol. The van der Waals surface area contributed by atoms with Crippen LogP contribution in [0.5, 0.6) is 0 Å². The minimum absolute atomic E-state index is 0.221. The van der Waals surface area contributed by atoms with Crippen molar-refractivity contribution >= 4 is 15.9 Å². The topological polar surface area (TPSA) is 64.9 Å². The molecule has 0 radical (unpaired) electrons. The molecule has 0 atom stereocenters. The molecule has 0 saturated heterocycles. The summed E-state index contributed by atoms with van der Waals surface area (Å²) < 4.78 is 6.29. The Hall–Kier alpha value is -1.20. The van der Waals surface area contributed by atoms with Crippen LogP contribution in [0.25, 0.3) is 11.4 Å². The van der Waals surface area contributed by atoms with E-state index in [1.54, 1.807) is 0 Å². The average Bonchev–Trinajstić information content (AvgIpc) is 2.78. The standard InChI is InChI=1S/C14H18BrN3O/c1-9-4-5-10(8-11(9)15)13-17-12(19-18-13)6-7-14(2,3)16/h4-5,8H,6-7,16H2,1-3H3. The first-order valence-corrected chi connectivity index (χ1v) is 7.02. The summed E-state index contributed by atoms with van der Waals surface area (Å²) in [6, 6.07) is 6.01. The van der Waals surface area contributed by atoms with Gasteiger partial charge in [0, 0.05) is 22.0 Å². The van der Waals surface area contributed by atoms with Gasteiger partial charge in [0.15, 0.2) is 0 Å². The van der Waals surface area contributed by atoms with Crippen LogP contribution in [-0.4, -0.2) is 15.7 Å². The van der Waals surface area contributed by atoms with Gasteiger partial charge in [0.2, 0.25) is 11.7 Å². The number of nitrogens with two attached hydrogens (primary N) is 1. The quantitative estimate of drug-likeness (QED) is 0.935. The van der Waals surface area contributed by atoms with Gasteiger partial charge < -0.3 is 10.3 Å². The number of benzene rings is 1. The van der Waals surface area contributed by atoms with E-state index in [0.29, 0.717) is 18.1 Å². The maximum atomic E-state index is 5.94. The van der Waals surface area contributed by atoms with Crippen LogP contribution >= 0.6 is 15.9 Å². The smallest absolute Gasteiger partial charge is 0.227 e. The SMILES string of the molecule is Cc1ccc(-c2noc(CCC(C)(C)N)n2)cc1Br. The predicted molar refractivity (Wildman–Crippen MR) is 78.8 cm³/mol. The third-order valence-electron chi connectivity index (χ3n) is 2.88. The van der Waals surface area contributed by atoms with Gasteiger partial charge in [0.25, 0.3) is 0 Å². The van der Waals surface area contributed by atoms with E-state index in [2.05, 4.69) is 26.1 Å². The molecule has 0 aliphatic heterocycles. The van der Waals surface area contributed by atoms with Gasteiger partial charge in [-0.05, 0) is 38.8 Å². The van der Waals surface area contributed by atoms with Crippen molar-refractivity contribution in [2.75, 3.05) is 0 Å². The molecule has 0 saturated carbocycles. The Morgan fingerprint density at radius 3 is 2.74 bits per heavy atom. The van der Waals surface area contributed by atoms with E-state index in [9.17, 15) is 0 Å². The second-order valence-corrected chi connectivity index (χ2v) is 6.32. The summed E-state index contributed by atoms with van der Waals surface area (Å²) in [7, 11) is 0. The van der Waals surface area contributed by atoms with Crippen molar-refractivity contribution < 1.29 is 4.52 Å². The van der Waals surface area contributed by atoms with E-state index >= 15 is 0 Å². The van der Waals surface area contributed by atoms with E-state index in [1.165, 1.54) is 5.56 Å². The second kappa shape index (κ2) is 5.43. The maximum absolute atomic E-state index is 5.94. The normalized spacial score (nSPS) is 11.8. The Balaban J connectivity index is 2.14. The summed E-state index contributed by atoms with van der Waals surface area (Å²) in [6.45, 7) is 6.02. The van der Waals surface area contributed by atoms with Gasteiger partial charge >= 0.3 is 0 Å². The van der Waals surface area contributed by atoms with Crippen molar-refractivity contribution in [1.82, 2.24) is 10.1 Å². The predicted octanol–water partition coefficient (Wildman–Crippen LogP) is 3.48. The highest BCUT2D eigenvalue weighted by Gasteiger charge is 2.14. The Bertz CT molecular complexity index is 572. The van der Waals surface area contributed by atoms with Crippen molar-refractivity contribution in [2.24, 2.45) is 5.73 Å². The third-order valence-corrected chi connectivity index (χ3v) is 3.74. The van der Waals surface area contributed by atoms with Crippen molar-refractivity contribution in [3.63, 3.8) is 0 Å². The van der Waals surface area contributed by atoms with Gasteiger partial charge in [0.1, 0.15) is 0 Å². The van der Waals surface area contributed by atoms with Gasteiger partial charge in [0.05, 0.1) is 0 Å². The second-order valence-electron chi connectivity index (χ2n) is 5.46. The lowest BCUT2D eigenvalue weighted by Gasteiger charge is -2.16. The molecule has 1 heterocycles. The lowest BCUT2D eigenvalue weighted by atomic mass is 10.0. The fourth-order valence-electron chi connectivity index (χ4n) is 1.63. The molecular formula is C14H18BrN3O. The number of aromatic nitrogens is 2. The van der Waals surface area contributed by atoms with Crippen LogP contribution in [0.1, 0.15) is 31.7 Å². The zero-order chi connectivity index (χ0) is 14.0. The number of aryl methyl sites for hydroxylation is 2. The molecular weight excluding hydrogens is 306 g/mol. The Morgan fingerprint density at radius 2 is 2.11 bits per heavy atom. The molecule has 4 nitrogen and oxygen atoms in total. The van der Waals surface area contributed by atoms with Gasteiger partial charge in [-0.25, -0.2) is 0 Å². The number of hydrogen-bond donors (Lipinski definition) is 1. The Kier molecular flexibility index (Phi) is 4.06. The van der Waals surface area contributed by atoms with Crippen LogP contribution in [-0.2, 0) is 6.42 Å². The number of hydrogen-bond acceptors (Lipinski definition) is 4. The Labute approximate surface area is 121 Å². The molecule has 2 rings (SSSR count). The van der Waals surface area contributed by atoms with Crippen LogP contribution < -0.4 is 5.73 Å². The lowest BCUT2D eigenvalue weighted by molar-refractivity contribution is 0.358. The summed E-state index contributed by atoms with van der Waals surface area (Å²) in [5.41, 5.74) is 7.84. The molecule has 0 unspecified atom stereocenters. The lowest BCUT2D eigenvalue weighted by Crippen LogP contribution is -2.32. The molecule has 0 aliphatic carbocycles. The largest absolute Gasteiger partial charge is 0.339 e. The molecule has 2 N–H and O–H groups in total. The fraction of sp³-hybridized carbons (Fsp3) is 0.429. The zero-order valence-electron chi connectivity index (χ0n) is 11.4. The van der Waals surface area contributed by atoms with Gasteiger partial charge in [-0.1, -0.05) is 33.2 Å². The number of nitrogens with zero attached hydrogens (tertiary/aromatic N) is 2. The first kappa shape index (κ1) is 14.2. The minimum atomic E-state index is -0.221. The van der Waals surface area contributed by atoms with Crippen molar-refractivity contribution in [1.29, 1.82) is 0 Å². The first-order valence-electron chi connectivity index (χ1n) is 6.23. The molecule has 19 heavy (non-hydrogen) atoms. The van der Waals surface area contributed by atoms with Crippen LogP contribution in [0.3, 0.4) is 0 Å². The van der Waals surface area contributed by atoms with E-state index < -0.39 is 0 Å². The number of rotatable bonds is 4. The molecule has 1 aromatic carbocycles. The maximum Gasteiger partial charge on any atom is 0.227 e. The van der Waals surface area contributed by atoms with E-state index in [0.717, 1.165) is 16.5 Å². The van der Waals surface area contributed by atoms with Crippen LogP contribution in [0.4, 0.5) is 0 Å². The summed E-state index contributed by atoms with van der Waals surface area (Å²) >= 11 is 3.50. The Morgan fingerprint density at radius 1 is 1.37 bits per heavy atom. The van der Waals surface area contributed by atoms with Gasteiger partial charge in [-0.15, -0.1) is 0 Å². The van der Waals surface area contributed by atoms with Crippen LogP contribution in [0, 0.1) is 6.92 Å². The van der Waals surface area contributed by atoms with Gasteiger partial charge in [-0.2, -0.15) is 4.98 Å². The molecule has 0 spiro atoms. The average molecular weight is 324 g/mol. The summed E-state index contributed by atoms with van der Waals surface area (Å²) in [4.78, 5) is 4.40.